The summed E-state index contributed by atoms with van der Waals surface area (Å²) in [5.41, 5.74) is 0.741. The Balaban J connectivity index is 2.40. The van der Waals surface area contributed by atoms with E-state index in [2.05, 4.69) is 26.1 Å². The average molecular weight is 379 g/mol. The van der Waals surface area contributed by atoms with E-state index in [4.69, 9.17) is 9.47 Å². The number of hydrogen-bond donors (Lipinski definition) is 1. The maximum absolute atomic E-state index is 13.1. The van der Waals surface area contributed by atoms with E-state index in [1.807, 2.05) is 0 Å². The SMILES string of the molecule is COc1cc([C@H](CC(F)F)N2CCNCC2)c(OC)cc1Br. The maximum atomic E-state index is 13.1. The highest BCUT2D eigenvalue weighted by molar-refractivity contribution is 9.10. The van der Waals surface area contributed by atoms with Crippen molar-refractivity contribution in [1.29, 1.82) is 0 Å². The normalized spacial score (nSPS) is 17.5. The predicted octanol–water partition coefficient (Wildman–Crippen LogP) is 3.07. The lowest BCUT2D eigenvalue weighted by atomic mass is 9.99. The number of hydrogen-bond acceptors (Lipinski definition) is 4. The summed E-state index contributed by atoms with van der Waals surface area (Å²) in [6.07, 6.45) is -2.60. The fourth-order valence-electron chi connectivity index (χ4n) is 2.78. The van der Waals surface area contributed by atoms with Crippen molar-refractivity contribution in [3.8, 4) is 11.5 Å². The molecule has 1 aromatic rings. The van der Waals surface area contributed by atoms with Gasteiger partial charge in [0.1, 0.15) is 11.5 Å². The first-order valence-electron chi connectivity index (χ1n) is 7.21. The van der Waals surface area contributed by atoms with Gasteiger partial charge in [-0.15, -0.1) is 0 Å². The zero-order valence-corrected chi connectivity index (χ0v) is 14.3. The second-order valence-electron chi connectivity index (χ2n) is 5.16. The van der Waals surface area contributed by atoms with E-state index in [9.17, 15) is 8.78 Å². The summed E-state index contributed by atoms with van der Waals surface area (Å²) in [5.74, 6) is 1.21. The van der Waals surface area contributed by atoms with Gasteiger partial charge in [0.2, 0.25) is 6.43 Å². The molecule has 7 heteroatoms. The third-order valence-corrected chi connectivity index (χ3v) is 4.48. The standard InChI is InChI=1S/C15H21BrF2N2O2/c1-21-13-8-11(16)14(22-2)7-10(13)12(9-15(17)18)20-5-3-19-4-6-20/h7-8,12,15,19H,3-6,9H2,1-2H3/t12-/m0/s1. The summed E-state index contributed by atoms with van der Waals surface area (Å²) in [4.78, 5) is 2.08. The summed E-state index contributed by atoms with van der Waals surface area (Å²) in [7, 11) is 3.11. The Morgan fingerprint density at radius 3 is 2.36 bits per heavy atom. The monoisotopic (exact) mass is 378 g/mol. The van der Waals surface area contributed by atoms with Gasteiger partial charge in [-0.25, -0.2) is 8.78 Å². The average Bonchev–Trinajstić information content (AvgIpc) is 2.53. The van der Waals surface area contributed by atoms with Crippen LogP contribution in [0.3, 0.4) is 0 Å². The van der Waals surface area contributed by atoms with Crippen molar-refractivity contribution < 1.29 is 18.3 Å². The molecule has 22 heavy (non-hydrogen) atoms. The third-order valence-electron chi connectivity index (χ3n) is 3.86. The first kappa shape index (κ1) is 17.4. The van der Waals surface area contributed by atoms with E-state index < -0.39 is 6.43 Å². The van der Waals surface area contributed by atoms with Crippen molar-refractivity contribution in [1.82, 2.24) is 10.2 Å². The minimum atomic E-state index is -2.38. The number of halogens is 3. The molecule has 0 aromatic heterocycles. The molecular formula is C15H21BrF2N2O2. The molecule has 1 aromatic carbocycles. The number of nitrogens with zero attached hydrogens (tertiary/aromatic N) is 1. The molecule has 1 saturated heterocycles. The summed E-state index contributed by atoms with van der Waals surface area (Å²) in [5, 5.41) is 3.24. The first-order chi connectivity index (χ1) is 10.6. The van der Waals surface area contributed by atoms with Crippen LogP contribution >= 0.6 is 15.9 Å². The smallest absolute Gasteiger partial charge is 0.240 e. The Bertz CT molecular complexity index is 497. The molecule has 2 rings (SSSR count). The van der Waals surface area contributed by atoms with Crippen LogP contribution in [0.25, 0.3) is 0 Å². The van der Waals surface area contributed by atoms with Crippen LogP contribution in [0, 0.1) is 0 Å². The summed E-state index contributed by atoms with van der Waals surface area (Å²) in [6, 6.07) is 3.17. The van der Waals surface area contributed by atoms with Gasteiger partial charge in [-0.3, -0.25) is 4.90 Å². The maximum Gasteiger partial charge on any atom is 0.240 e. The fourth-order valence-corrected chi connectivity index (χ4v) is 3.26. The second-order valence-corrected chi connectivity index (χ2v) is 6.01. The van der Waals surface area contributed by atoms with Crippen LogP contribution in [-0.4, -0.2) is 51.7 Å². The highest BCUT2D eigenvalue weighted by Gasteiger charge is 2.28. The lowest BCUT2D eigenvalue weighted by molar-refractivity contribution is 0.0728. The van der Waals surface area contributed by atoms with E-state index in [1.54, 1.807) is 26.4 Å². The van der Waals surface area contributed by atoms with Crippen LogP contribution in [0.2, 0.25) is 0 Å². The highest BCUT2D eigenvalue weighted by Crippen LogP contribution is 2.40. The molecule has 0 radical (unpaired) electrons. The molecule has 0 aliphatic carbocycles. The molecule has 124 valence electrons. The number of alkyl halides is 2. The van der Waals surface area contributed by atoms with Gasteiger partial charge in [-0.2, -0.15) is 0 Å². The zero-order chi connectivity index (χ0) is 16.1. The molecular weight excluding hydrogens is 358 g/mol. The Labute approximate surface area is 137 Å². The predicted molar refractivity (Wildman–Crippen MR) is 85.1 cm³/mol. The molecule has 0 saturated carbocycles. The van der Waals surface area contributed by atoms with Crippen LogP contribution in [-0.2, 0) is 0 Å². The molecule has 0 spiro atoms. The summed E-state index contributed by atoms with van der Waals surface area (Å²) < 4.78 is 37.7. The van der Waals surface area contributed by atoms with E-state index in [0.717, 1.165) is 36.2 Å². The Hall–Kier alpha value is -0.920. The van der Waals surface area contributed by atoms with Gasteiger partial charge in [0.15, 0.2) is 0 Å². The Kier molecular flexibility index (Phi) is 6.40. The summed E-state index contributed by atoms with van der Waals surface area (Å²) >= 11 is 3.40. The van der Waals surface area contributed by atoms with Crippen molar-refractivity contribution in [3.63, 3.8) is 0 Å². The topological polar surface area (TPSA) is 33.7 Å². The number of ether oxygens (including phenoxy) is 2. The molecule has 1 fully saturated rings. The first-order valence-corrected chi connectivity index (χ1v) is 8.00. The highest BCUT2D eigenvalue weighted by atomic mass is 79.9. The molecule has 0 unspecified atom stereocenters. The van der Waals surface area contributed by atoms with Crippen molar-refractivity contribution in [2.45, 2.75) is 18.9 Å². The number of benzene rings is 1. The number of rotatable bonds is 6. The lowest BCUT2D eigenvalue weighted by Crippen LogP contribution is -2.45. The largest absolute Gasteiger partial charge is 0.496 e. The Morgan fingerprint density at radius 1 is 1.18 bits per heavy atom. The zero-order valence-electron chi connectivity index (χ0n) is 12.7. The van der Waals surface area contributed by atoms with Gasteiger partial charge < -0.3 is 14.8 Å². The van der Waals surface area contributed by atoms with Crippen LogP contribution in [0.15, 0.2) is 16.6 Å². The van der Waals surface area contributed by atoms with Gasteiger partial charge in [0, 0.05) is 44.2 Å². The quantitative estimate of drug-likeness (QED) is 0.824. The van der Waals surface area contributed by atoms with Gasteiger partial charge >= 0.3 is 0 Å². The minimum absolute atomic E-state index is 0.221. The molecule has 1 heterocycles. The number of methoxy groups -OCH3 is 2. The van der Waals surface area contributed by atoms with E-state index in [1.165, 1.54) is 0 Å². The molecule has 4 nitrogen and oxygen atoms in total. The summed E-state index contributed by atoms with van der Waals surface area (Å²) in [6.45, 7) is 3.07. The third kappa shape index (κ3) is 4.08. The van der Waals surface area contributed by atoms with E-state index in [-0.39, 0.29) is 12.5 Å². The van der Waals surface area contributed by atoms with Crippen molar-refractivity contribution >= 4 is 15.9 Å². The van der Waals surface area contributed by atoms with Crippen molar-refractivity contribution in [3.05, 3.63) is 22.2 Å². The van der Waals surface area contributed by atoms with E-state index >= 15 is 0 Å². The van der Waals surface area contributed by atoms with Gasteiger partial charge in [0.25, 0.3) is 0 Å². The molecule has 0 amide bonds. The van der Waals surface area contributed by atoms with Crippen molar-refractivity contribution in [2.75, 3.05) is 40.4 Å². The molecule has 1 atom stereocenters. The van der Waals surface area contributed by atoms with Crippen LogP contribution < -0.4 is 14.8 Å². The minimum Gasteiger partial charge on any atom is -0.496 e. The molecule has 0 bridgehead atoms. The number of nitrogens with one attached hydrogen (secondary N) is 1. The lowest BCUT2D eigenvalue weighted by Gasteiger charge is -2.36. The van der Waals surface area contributed by atoms with Gasteiger partial charge in [0.05, 0.1) is 18.7 Å². The molecule has 1 aliphatic heterocycles. The van der Waals surface area contributed by atoms with Gasteiger partial charge in [-0.1, -0.05) is 0 Å². The Morgan fingerprint density at radius 2 is 1.82 bits per heavy atom. The molecule has 1 N–H and O–H groups in total. The van der Waals surface area contributed by atoms with Crippen LogP contribution in [0.1, 0.15) is 18.0 Å². The van der Waals surface area contributed by atoms with Gasteiger partial charge in [-0.05, 0) is 28.1 Å². The van der Waals surface area contributed by atoms with E-state index in [0.29, 0.717) is 11.5 Å². The number of piperazine rings is 1. The fraction of sp³-hybridized carbons (Fsp3) is 0.600. The van der Waals surface area contributed by atoms with Crippen LogP contribution in [0.5, 0.6) is 11.5 Å². The molecule has 1 aliphatic rings. The second kappa shape index (κ2) is 8.08. The van der Waals surface area contributed by atoms with Crippen molar-refractivity contribution in [2.24, 2.45) is 0 Å². The van der Waals surface area contributed by atoms with Crippen LogP contribution in [0.4, 0.5) is 8.78 Å².